The predicted molar refractivity (Wildman–Crippen MR) is 69.6 cm³/mol. The van der Waals surface area contributed by atoms with Crippen molar-refractivity contribution in [3.05, 3.63) is 28.8 Å². The first-order valence-corrected chi connectivity index (χ1v) is 6.25. The predicted octanol–water partition coefficient (Wildman–Crippen LogP) is 3.31. The molecule has 4 heteroatoms. The fourth-order valence-corrected chi connectivity index (χ4v) is 1.77. The van der Waals surface area contributed by atoms with E-state index in [4.69, 9.17) is 11.6 Å². The lowest BCUT2D eigenvalue weighted by molar-refractivity contribution is 0.0759. The number of hydrogen-bond donors (Lipinski definition) is 1. The van der Waals surface area contributed by atoms with Crippen molar-refractivity contribution in [2.75, 3.05) is 13.1 Å². The average molecular weight is 256 g/mol. The molecule has 1 N–H and O–H groups in total. The van der Waals surface area contributed by atoms with E-state index in [0.29, 0.717) is 23.7 Å². The first-order valence-electron chi connectivity index (χ1n) is 5.88. The number of aromatic hydroxyl groups is 1. The molecule has 0 bridgehead atoms. The summed E-state index contributed by atoms with van der Waals surface area (Å²) in [6, 6.07) is 4.57. The molecule has 94 valence electrons. The fraction of sp³-hybridized carbons (Fsp3) is 0.462. The maximum absolute atomic E-state index is 12.1. The van der Waals surface area contributed by atoms with E-state index in [9.17, 15) is 9.90 Å². The van der Waals surface area contributed by atoms with Crippen LogP contribution in [0.4, 0.5) is 0 Å². The summed E-state index contributed by atoms with van der Waals surface area (Å²) in [6.07, 6.45) is 2.00. The van der Waals surface area contributed by atoms with E-state index < -0.39 is 0 Å². The Labute approximate surface area is 107 Å². The molecule has 0 radical (unpaired) electrons. The zero-order valence-electron chi connectivity index (χ0n) is 10.2. The number of phenols is 1. The molecule has 0 aliphatic rings. The maximum Gasteiger partial charge on any atom is 0.257 e. The minimum atomic E-state index is -0.143. The molecular formula is C13H18ClNO2. The summed E-state index contributed by atoms with van der Waals surface area (Å²) in [5, 5.41) is 10.1. The molecule has 0 saturated heterocycles. The van der Waals surface area contributed by atoms with Crippen LogP contribution in [0.5, 0.6) is 5.75 Å². The van der Waals surface area contributed by atoms with Gasteiger partial charge in [-0.3, -0.25) is 4.79 Å². The van der Waals surface area contributed by atoms with Crippen molar-refractivity contribution >= 4 is 17.5 Å². The van der Waals surface area contributed by atoms with E-state index in [0.717, 1.165) is 12.8 Å². The summed E-state index contributed by atoms with van der Waals surface area (Å²) in [4.78, 5) is 13.9. The van der Waals surface area contributed by atoms with Gasteiger partial charge in [0.15, 0.2) is 0 Å². The van der Waals surface area contributed by atoms with Gasteiger partial charge in [0, 0.05) is 18.1 Å². The summed E-state index contributed by atoms with van der Waals surface area (Å²) < 4.78 is 0. The van der Waals surface area contributed by atoms with Crippen LogP contribution in [-0.4, -0.2) is 29.0 Å². The molecule has 0 aromatic heterocycles. The molecule has 1 aromatic rings. The maximum atomic E-state index is 12.1. The highest BCUT2D eigenvalue weighted by Gasteiger charge is 2.17. The Morgan fingerprint density at radius 3 is 2.65 bits per heavy atom. The first-order chi connectivity index (χ1) is 8.10. The van der Waals surface area contributed by atoms with Gasteiger partial charge < -0.3 is 10.0 Å². The van der Waals surface area contributed by atoms with Crippen LogP contribution in [0.25, 0.3) is 0 Å². The van der Waals surface area contributed by atoms with Crippen LogP contribution in [-0.2, 0) is 0 Å². The number of hydrogen-bond acceptors (Lipinski definition) is 2. The van der Waals surface area contributed by atoms with Gasteiger partial charge in [0.1, 0.15) is 5.75 Å². The van der Waals surface area contributed by atoms with Crippen molar-refractivity contribution in [2.24, 2.45) is 0 Å². The molecule has 0 aliphatic heterocycles. The standard InChI is InChI=1S/C13H18ClNO2/c1-3-5-8-15(4-2)13(17)11-7-6-10(14)9-12(11)16/h6-7,9,16H,3-5,8H2,1-2H3. The quantitative estimate of drug-likeness (QED) is 0.877. The number of phenolic OH excluding ortho intramolecular Hbond substituents is 1. The lowest BCUT2D eigenvalue weighted by Crippen LogP contribution is -2.31. The van der Waals surface area contributed by atoms with Gasteiger partial charge in [-0.1, -0.05) is 24.9 Å². The van der Waals surface area contributed by atoms with Crippen LogP contribution in [0.15, 0.2) is 18.2 Å². The topological polar surface area (TPSA) is 40.5 Å². The highest BCUT2D eigenvalue weighted by atomic mass is 35.5. The number of rotatable bonds is 5. The van der Waals surface area contributed by atoms with E-state index in [1.165, 1.54) is 6.07 Å². The van der Waals surface area contributed by atoms with Crippen LogP contribution in [0.2, 0.25) is 5.02 Å². The van der Waals surface area contributed by atoms with Crippen LogP contribution in [0, 0.1) is 0 Å². The number of amides is 1. The van der Waals surface area contributed by atoms with Crippen molar-refractivity contribution in [1.29, 1.82) is 0 Å². The van der Waals surface area contributed by atoms with Gasteiger partial charge >= 0.3 is 0 Å². The van der Waals surface area contributed by atoms with Crippen LogP contribution in [0.1, 0.15) is 37.0 Å². The summed E-state index contributed by atoms with van der Waals surface area (Å²) in [6.45, 7) is 5.37. The Bertz CT molecular complexity index is 393. The second-order valence-corrected chi connectivity index (χ2v) is 4.34. The van der Waals surface area contributed by atoms with Gasteiger partial charge in [0.25, 0.3) is 5.91 Å². The van der Waals surface area contributed by atoms with Gasteiger partial charge in [-0.15, -0.1) is 0 Å². The second kappa shape index (κ2) is 6.50. The molecule has 0 fully saturated rings. The third-order valence-corrected chi connectivity index (χ3v) is 2.88. The molecule has 0 aliphatic carbocycles. The number of halogens is 1. The zero-order chi connectivity index (χ0) is 12.8. The normalized spacial score (nSPS) is 10.3. The largest absolute Gasteiger partial charge is 0.507 e. The fourth-order valence-electron chi connectivity index (χ4n) is 1.61. The first kappa shape index (κ1) is 13.8. The molecular weight excluding hydrogens is 238 g/mol. The Balaban J connectivity index is 2.86. The Hall–Kier alpha value is -1.22. The van der Waals surface area contributed by atoms with Crippen molar-refractivity contribution in [3.8, 4) is 5.75 Å². The minimum absolute atomic E-state index is 0.0579. The lowest BCUT2D eigenvalue weighted by atomic mass is 10.1. The smallest absolute Gasteiger partial charge is 0.257 e. The van der Waals surface area contributed by atoms with E-state index in [1.54, 1.807) is 17.0 Å². The monoisotopic (exact) mass is 255 g/mol. The van der Waals surface area contributed by atoms with Crippen molar-refractivity contribution in [1.82, 2.24) is 4.90 Å². The number of benzene rings is 1. The Kier molecular flexibility index (Phi) is 5.29. The van der Waals surface area contributed by atoms with Gasteiger partial charge in [0.2, 0.25) is 0 Å². The number of nitrogens with zero attached hydrogens (tertiary/aromatic N) is 1. The van der Waals surface area contributed by atoms with E-state index in [1.807, 2.05) is 6.92 Å². The third kappa shape index (κ3) is 3.63. The minimum Gasteiger partial charge on any atom is -0.507 e. The van der Waals surface area contributed by atoms with E-state index in [-0.39, 0.29) is 11.7 Å². The highest BCUT2D eigenvalue weighted by molar-refractivity contribution is 6.30. The molecule has 1 rings (SSSR count). The van der Waals surface area contributed by atoms with E-state index in [2.05, 4.69) is 6.92 Å². The van der Waals surface area contributed by atoms with Gasteiger partial charge in [0.05, 0.1) is 5.56 Å². The van der Waals surface area contributed by atoms with Crippen molar-refractivity contribution in [3.63, 3.8) is 0 Å². The highest BCUT2D eigenvalue weighted by Crippen LogP contribution is 2.23. The molecule has 17 heavy (non-hydrogen) atoms. The summed E-state index contributed by atoms with van der Waals surface area (Å²) in [5.41, 5.74) is 0.312. The van der Waals surface area contributed by atoms with Crippen LogP contribution < -0.4 is 0 Å². The van der Waals surface area contributed by atoms with Gasteiger partial charge in [-0.2, -0.15) is 0 Å². The molecule has 0 atom stereocenters. The number of carbonyl (C=O) groups is 1. The Morgan fingerprint density at radius 1 is 1.41 bits per heavy atom. The summed E-state index contributed by atoms with van der Waals surface area (Å²) in [7, 11) is 0. The molecule has 0 spiro atoms. The molecule has 0 saturated carbocycles. The molecule has 3 nitrogen and oxygen atoms in total. The van der Waals surface area contributed by atoms with Crippen LogP contribution in [0.3, 0.4) is 0 Å². The number of carbonyl (C=O) groups excluding carboxylic acids is 1. The average Bonchev–Trinajstić information content (AvgIpc) is 2.29. The van der Waals surface area contributed by atoms with Crippen molar-refractivity contribution in [2.45, 2.75) is 26.7 Å². The molecule has 1 aromatic carbocycles. The second-order valence-electron chi connectivity index (χ2n) is 3.90. The van der Waals surface area contributed by atoms with Gasteiger partial charge in [-0.05, 0) is 31.5 Å². The van der Waals surface area contributed by atoms with Crippen molar-refractivity contribution < 1.29 is 9.90 Å². The SMILES string of the molecule is CCCCN(CC)C(=O)c1ccc(Cl)cc1O. The van der Waals surface area contributed by atoms with E-state index >= 15 is 0 Å². The molecule has 0 heterocycles. The third-order valence-electron chi connectivity index (χ3n) is 2.64. The zero-order valence-corrected chi connectivity index (χ0v) is 11.0. The molecule has 1 amide bonds. The summed E-state index contributed by atoms with van der Waals surface area (Å²) in [5.74, 6) is -0.201. The van der Waals surface area contributed by atoms with Gasteiger partial charge in [-0.25, -0.2) is 0 Å². The van der Waals surface area contributed by atoms with Crippen LogP contribution >= 0.6 is 11.6 Å². The number of unbranched alkanes of at least 4 members (excludes halogenated alkanes) is 1. The molecule has 0 unspecified atom stereocenters. The Morgan fingerprint density at radius 2 is 2.12 bits per heavy atom. The lowest BCUT2D eigenvalue weighted by Gasteiger charge is -2.21. The summed E-state index contributed by atoms with van der Waals surface area (Å²) >= 11 is 5.73.